The van der Waals surface area contributed by atoms with Crippen LogP contribution in [0.4, 0.5) is 0 Å². The Kier molecular flexibility index (Phi) is 5.46. The molecule has 1 amide bonds. The van der Waals surface area contributed by atoms with Gasteiger partial charge in [0.25, 0.3) is 0 Å². The lowest BCUT2D eigenvalue weighted by Crippen LogP contribution is -2.45. The van der Waals surface area contributed by atoms with Crippen molar-refractivity contribution in [2.24, 2.45) is 5.41 Å². The van der Waals surface area contributed by atoms with E-state index in [0.29, 0.717) is 13.0 Å². The van der Waals surface area contributed by atoms with Gasteiger partial charge in [-0.25, -0.2) is 0 Å². The molecule has 1 aliphatic rings. The summed E-state index contributed by atoms with van der Waals surface area (Å²) < 4.78 is 5.65. The number of carbonyl (C=O) groups excluding carboxylic acids is 1. The predicted molar refractivity (Wildman–Crippen MR) is 87.0 cm³/mol. The molecule has 1 fully saturated rings. The molecule has 1 aromatic rings. The monoisotopic (exact) mass is 305 g/mol. The summed E-state index contributed by atoms with van der Waals surface area (Å²) in [6.45, 7) is 6.64. The topological polar surface area (TPSA) is 58.6 Å². The Labute approximate surface area is 132 Å². The summed E-state index contributed by atoms with van der Waals surface area (Å²) in [4.78, 5) is 12.0. The highest BCUT2D eigenvalue weighted by Gasteiger charge is 2.38. The fourth-order valence-corrected chi connectivity index (χ4v) is 3.00. The Balaban J connectivity index is 1.77. The minimum Gasteiger partial charge on any atom is -0.493 e. The Morgan fingerprint density at radius 2 is 2.18 bits per heavy atom. The number of aliphatic hydroxyl groups is 1. The molecule has 4 nitrogen and oxygen atoms in total. The van der Waals surface area contributed by atoms with Crippen LogP contribution in [0.2, 0.25) is 0 Å². The minimum absolute atomic E-state index is 0.00425. The van der Waals surface area contributed by atoms with Crippen LogP contribution in [0.3, 0.4) is 0 Å². The average molecular weight is 305 g/mol. The molecule has 1 aromatic carbocycles. The summed E-state index contributed by atoms with van der Waals surface area (Å²) in [5, 5.41) is 12.6. The molecular formula is C18H27NO3. The second-order valence-corrected chi connectivity index (χ2v) is 6.67. The Bertz CT molecular complexity index is 529. The standard InChI is InChI=1S/C18H27NO3/c1-13-6-7-15(11-14(13)2)22-10-8-17(21)19-16-5-4-9-18(16,3)12-20/h6-7,11,16,20H,4-5,8-10,12H2,1-3H3,(H,19,21). The van der Waals surface area contributed by atoms with Gasteiger partial charge < -0.3 is 15.2 Å². The lowest BCUT2D eigenvalue weighted by molar-refractivity contribution is -0.123. The molecule has 1 aliphatic carbocycles. The van der Waals surface area contributed by atoms with E-state index in [4.69, 9.17) is 4.74 Å². The van der Waals surface area contributed by atoms with E-state index >= 15 is 0 Å². The van der Waals surface area contributed by atoms with Crippen LogP contribution in [0.25, 0.3) is 0 Å². The van der Waals surface area contributed by atoms with E-state index in [9.17, 15) is 9.90 Å². The summed E-state index contributed by atoms with van der Waals surface area (Å²) in [6, 6.07) is 6.02. The van der Waals surface area contributed by atoms with Crippen molar-refractivity contribution in [3.63, 3.8) is 0 Å². The zero-order chi connectivity index (χ0) is 16.2. The van der Waals surface area contributed by atoms with Crippen molar-refractivity contribution in [3.05, 3.63) is 29.3 Å². The van der Waals surface area contributed by atoms with Gasteiger partial charge in [-0.05, 0) is 49.9 Å². The van der Waals surface area contributed by atoms with Gasteiger partial charge in [0, 0.05) is 11.5 Å². The van der Waals surface area contributed by atoms with Gasteiger partial charge in [0.1, 0.15) is 5.75 Å². The van der Waals surface area contributed by atoms with Gasteiger partial charge in [-0.3, -0.25) is 4.79 Å². The second kappa shape index (κ2) is 7.14. The second-order valence-electron chi connectivity index (χ2n) is 6.67. The van der Waals surface area contributed by atoms with Crippen LogP contribution in [0, 0.1) is 19.3 Å². The smallest absolute Gasteiger partial charge is 0.223 e. The molecule has 0 saturated heterocycles. The molecule has 2 N–H and O–H groups in total. The van der Waals surface area contributed by atoms with Gasteiger partial charge >= 0.3 is 0 Å². The molecule has 0 aromatic heterocycles. The zero-order valence-electron chi connectivity index (χ0n) is 13.8. The van der Waals surface area contributed by atoms with Gasteiger partial charge in [0.15, 0.2) is 0 Å². The molecule has 4 heteroatoms. The number of amides is 1. The van der Waals surface area contributed by atoms with E-state index in [1.165, 1.54) is 11.1 Å². The van der Waals surface area contributed by atoms with Gasteiger partial charge in [-0.2, -0.15) is 0 Å². The molecule has 1 saturated carbocycles. The quantitative estimate of drug-likeness (QED) is 0.849. The van der Waals surface area contributed by atoms with E-state index in [1.807, 2.05) is 32.0 Å². The number of benzene rings is 1. The summed E-state index contributed by atoms with van der Waals surface area (Å²) in [7, 11) is 0. The number of aliphatic hydroxyl groups excluding tert-OH is 1. The maximum atomic E-state index is 12.0. The molecular weight excluding hydrogens is 278 g/mol. The maximum Gasteiger partial charge on any atom is 0.223 e. The molecule has 0 spiro atoms. The van der Waals surface area contributed by atoms with Crippen molar-refractivity contribution >= 4 is 5.91 Å². The van der Waals surface area contributed by atoms with Gasteiger partial charge in [0.05, 0.1) is 19.6 Å². The lowest BCUT2D eigenvalue weighted by atomic mass is 9.86. The van der Waals surface area contributed by atoms with Crippen LogP contribution in [0.15, 0.2) is 18.2 Å². The third-order valence-corrected chi connectivity index (χ3v) is 4.85. The van der Waals surface area contributed by atoms with E-state index in [1.54, 1.807) is 0 Å². The summed E-state index contributed by atoms with van der Waals surface area (Å²) in [6.07, 6.45) is 3.31. The van der Waals surface area contributed by atoms with E-state index in [0.717, 1.165) is 25.0 Å². The highest BCUT2D eigenvalue weighted by molar-refractivity contribution is 5.76. The van der Waals surface area contributed by atoms with Crippen LogP contribution in [-0.2, 0) is 4.79 Å². The molecule has 0 aliphatic heterocycles. The van der Waals surface area contributed by atoms with Crippen molar-refractivity contribution < 1.29 is 14.6 Å². The Morgan fingerprint density at radius 1 is 1.41 bits per heavy atom. The first-order valence-electron chi connectivity index (χ1n) is 8.05. The van der Waals surface area contributed by atoms with E-state index < -0.39 is 0 Å². The number of ether oxygens (including phenoxy) is 1. The molecule has 2 atom stereocenters. The van der Waals surface area contributed by atoms with Crippen LogP contribution < -0.4 is 10.1 Å². The zero-order valence-corrected chi connectivity index (χ0v) is 13.8. The van der Waals surface area contributed by atoms with E-state index in [-0.39, 0.29) is 24.0 Å². The number of hydrogen-bond acceptors (Lipinski definition) is 3. The molecule has 2 rings (SSSR count). The number of hydrogen-bond donors (Lipinski definition) is 2. The van der Waals surface area contributed by atoms with Crippen LogP contribution in [0.5, 0.6) is 5.75 Å². The minimum atomic E-state index is -0.176. The fraction of sp³-hybridized carbons (Fsp3) is 0.611. The van der Waals surface area contributed by atoms with Gasteiger partial charge in [-0.15, -0.1) is 0 Å². The molecule has 0 radical (unpaired) electrons. The number of nitrogens with one attached hydrogen (secondary N) is 1. The van der Waals surface area contributed by atoms with Crippen molar-refractivity contribution in [2.45, 2.75) is 52.5 Å². The summed E-state index contributed by atoms with van der Waals surface area (Å²) >= 11 is 0. The maximum absolute atomic E-state index is 12.0. The van der Waals surface area contributed by atoms with Crippen LogP contribution >= 0.6 is 0 Å². The predicted octanol–water partition coefficient (Wildman–Crippen LogP) is 2.74. The number of aryl methyl sites for hydroxylation is 2. The van der Waals surface area contributed by atoms with Gasteiger partial charge in [0.2, 0.25) is 5.91 Å². The van der Waals surface area contributed by atoms with Crippen molar-refractivity contribution in [1.82, 2.24) is 5.32 Å². The number of carbonyl (C=O) groups is 1. The Morgan fingerprint density at radius 3 is 2.86 bits per heavy atom. The molecule has 0 bridgehead atoms. The third-order valence-electron chi connectivity index (χ3n) is 4.85. The largest absolute Gasteiger partial charge is 0.493 e. The first-order valence-corrected chi connectivity index (χ1v) is 8.05. The van der Waals surface area contributed by atoms with Crippen LogP contribution in [0.1, 0.15) is 43.7 Å². The van der Waals surface area contributed by atoms with Crippen molar-refractivity contribution in [2.75, 3.05) is 13.2 Å². The first-order chi connectivity index (χ1) is 10.4. The third kappa shape index (κ3) is 4.01. The van der Waals surface area contributed by atoms with Crippen molar-refractivity contribution in [1.29, 1.82) is 0 Å². The summed E-state index contributed by atoms with van der Waals surface area (Å²) in [5.41, 5.74) is 2.24. The number of rotatable bonds is 6. The highest BCUT2D eigenvalue weighted by atomic mass is 16.5. The molecule has 0 heterocycles. The SMILES string of the molecule is Cc1ccc(OCCC(=O)NC2CCCC2(C)CO)cc1C. The fourth-order valence-electron chi connectivity index (χ4n) is 3.00. The summed E-state index contributed by atoms with van der Waals surface area (Å²) in [5.74, 6) is 0.798. The average Bonchev–Trinajstić information content (AvgIpc) is 2.84. The lowest BCUT2D eigenvalue weighted by Gasteiger charge is -2.30. The van der Waals surface area contributed by atoms with Crippen LogP contribution in [-0.4, -0.2) is 30.3 Å². The molecule has 2 unspecified atom stereocenters. The van der Waals surface area contributed by atoms with Crippen molar-refractivity contribution in [3.8, 4) is 5.75 Å². The molecule has 22 heavy (non-hydrogen) atoms. The normalized spacial score (nSPS) is 24.3. The highest BCUT2D eigenvalue weighted by Crippen LogP contribution is 2.37. The van der Waals surface area contributed by atoms with E-state index in [2.05, 4.69) is 12.2 Å². The first kappa shape index (κ1) is 16.8. The Hall–Kier alpha value is -1.55. The van der Waals surface area contributed by atoms with Gasteiger partial charge in [-0.1, -0.05) is 19.4 Å². The molecule has 122 valence electrons.